The van der Waals surface area contributed by atoms with Crippen molar-refractivity contribution in [3.05, 3.63) is 28.2 Å². The van der Waals surface area contributed by atoms with Crippen LogP contribution < -0.4 is 5.32 Å². The average molecular weight is 271 g/mol. The van der Waals surface area contributed by atoms with Crippen molar-refractivity contribution in [1.29, 1.82) is 0 Å². The minimum atomic E-state index is -0.117. The van der Waals surface area contributed by atoms with E-state index >= 15 is 0 Å². The Kier molecular flexibility index (Phi) is 3.93. The van der Waals surface area contributed by atoms with Gasteiger partial charge in [0.15, 0.2) is 4.47 Å². The van der Waals surface area contributed by atoms with Gasteiger partial charge in [-0.15, -0.1) is 11.3 Å². The van der Waals surface area contributed by atoms with Gasteiger partial charge in [0.1, 0.15) is 0 Å². The van der Waals surface area contributed by atoms with Crippen LogP contribution in [-0.4, -0.2) is 31.2 Å². The topological polar surface area (TPSA) is 51.2 Å². The standard InChI is InChI=1S/C11H11ClN2O2S/c1-16-5-4-13-10(15)7-2-3-8-9(6-7)17-11(12)14-8/h2-3,6H,4-5H2,1H3,(H,13,15). The zero-order valence-corrected chi connectivity index (χ0v) is 10.8. The molecule has 6 heteroatoms. The summed E-state index contributed by atoms with van der Waals surface area (Å²) in [6.45, 7) is 0.997. The van der Waals surface area contributed by atoms with Gasteiger partial charge in [-0.05, 0) is 18.2 Å². The lowest BCUT2D eigenvalue weighted by molar-refractivity contribution is 0.0937. The molecule has 0 bridgehead atoms. The molecule has 17 heavy (non-hydrogen) atoms. The van der Waals surface area contributed by atoms with Gasteiger partial charge < -0.3 is 10.1 Å². The van der Waals surface area contributed by atoms with Crippen molar-refractivity contribution >= 4 is 39.1 Å². The number of hydrogen-bond acceptors (Lipinski definition) is 4. The number of carbonyl (C=O) groups is 1. The molecule has 2 aromatic rings. The number of ether oxygens (including phenoxy) is 1. The van der Waals surface area contributed by atoms with Crippen LogP contribution in [0.5, 0.6) is 0 Å². The van der Waals surface area contributed by atoms with Crippen molar-refractivity contribution in [1.82, 2.24) is 10.3 Å². The molecule has 1 aromatic carbocycles. The molecule has 0 saturated carbocycles. The van der Waals surface area contributed by atoms with Crippen LogP contribution in [0.2, 0.25) is 4.47 Å². The third-order valence-corrected chi connectivity index (χ3v) is 3.34. The highest BCUT2D eigenvalue weighted by molar-refractivity contribution is 7.22. The van der Waals surface area contributed by atoms with E-state index in [9.17, 15) is 4.79 Å². The minimum absolute atomic E-state index is 0.117. The van der Waals surface area contributed by atoms with E-state index in [0.717, 1.165) is 10.2 Å². The van der Waals surface area contributed by atoms with Crippen molar-refractivity contribution in [3.63, 3.8) is 0 Å². The minimum Gasteiger partial charge on any atom is -0.383 e. The smallest absolute Gasteiger partial charge is 0.251 e. The predicted molar refractivity (Wildman–Crippen MR) is 68.8 cm³/mol. The van der Waals surface area contributed by atoms with Crippen LogP contribution in [0.25, 0.3) is 10.2 Å². The van der Waals surface area contributed by atoms with Crippen molar-refractivity contribution in [2.75, 3.05) is 20.3 Å². The molecule has 1 heterocycles. The number of halogens is 1. The highest BCUT2D eigenvalue weighted by atomic mass is 35.5. The molecule has 0 spiro atoms. The largest absolute Gasteiger partial charge is 0.383 e. The molecule has 2 rings (SSSR count). The van der Waals surface area contributed by atoms with Gasteiger partial charge in [-0.3, -0.25) is 4.79 Å². The van der Waals surface area contributed by atoms with Crippen LogP contribution >= 0.6 is 22.9 Å². The number of methoxy groups -OCH3 is 1. The maximum absolute atomic E-state index is 11.8. The highest BCUT2D eigenvalue weighted by Crippen LogP contribution is 2.26. The predicted octanol–water partition coefficient (Wildman–Crippen LogP) is 2.33. The van der Waals surface area contributed by atoms with Crippen LogP contribution in [0.3, 0.4) is 0 Å². The Hall–Kier alpha value is -1.17. The van der Waals surface area contributed by atoms with Gasteiger partial charge in [-0.25, -0.2) is 4.98 Å². The van der Waals surface area contributed by atoms with Crippen LogP contribution in [0.4, 0.5) is 0 Å². The number of aromatic nitrogens is 1. The number of nitrogens with zero attached hydrogens (tertiary/aromatic N) is 1. The van der Waals surface area contributed by atoms with E-state index in [4.69, 9.17) is 16.3 Å². The summed E-state index contributed by atoms with van der Waals surface area (Å²) >= 11 is 7.17. The maximum Gasteiger partial charge on any atom is 0.251 e. The van der Waals surface area contributed by atoms with Gasteiger partial charge in [-0.2, -0.15) is 0 Å². The van der Waals surface area contributed by atoms with Crippen molar-refractivity contribution in [2.24, 2.45) is 0 Å². The molecule has 1 aromatic heterocycles. The van der Waals surface area contributed by atoms with E-state index in [0.29, 0.717) is 23.2 Å². The number of nitrogens with one attached hydrogen (secondary N) is 1. The second kappa shape index (κ2) is 5.44. The Morgan fingerprint density at radius 2 is 2.41 bits per heavy atom. The zero-order chi connectivity index (χ0) is 12.3. The summed E-state index contributed by atoms with van der Waals surface area (Å²) in [7, 11) is 1.59. The third kappa shape index (κ3) is 2.94. The normalized spacial score (nSPS) is 10.7. The van der Waals surface area contributed by atoms with E-state index in [2.05, 4.69) is 10.3 Å². The lowest BCUT2D eigenvalue weighted by atomic mass is 10.2. The SMILES string of the molecule is COCCNC(=O)c1ccc2nc(Cl)sc2c1. The number of rotatable bonds is 4. The van der Waals surface area contributed by atoms with E-state index in [1.54, 1.807) is 25.3 Å². The molecule has 90 valence electrons. The molecule has 4 nitrogen and oxygen atoms in total. The van der Waals surface area contributed by atoms with Gasteiger partial charge in [0, 0.05) is 19.2 Å². The number of carbonyl (C=O) groups excluding carboxylic acids is 1. The highest BCUT2D eigenvalue weighted by Gasteiger charge is 2.08. The Bertz CT molecular complexity index is 541. The quantitative estimate of drug-likeness (QED) is 0.868. The summed E-state index contributed by atoms with van der Waals surface area (Å²) in [5, 5.41) is 2.76. The van der Waals surface area contributed by atoms with Crippen molar-refractivity contribution in [2.45, 2.75) is 0 Å². The fourth-order valence-corrected chi connectivity index (χ4v) is 2.48. The van der Waals surface area contributed by atoms with Crippen molar-refractivity contribution in [3.8, 4) is 0 Å². The molecular formula is C11H11ClN2O2S. The fourth-order valence-electron chi connectivity index (χ4n) is 1.41. The zero-order valence-electron chi connectivity index (χ0n) is 9.20. The number of hydrogen-bond donors (Lipinski definition) is 1. The monoisotopic (exact) mass is 270 g/mol. The number of benzene rings is 1. The molecule has 0 atom stereocenters. The average Bonchev–Trinajstić information content (AvgIpc) is 2.68. The molecular weight excluding hydrogens is 260 g/mol. The van der Waals surface area contributed by atoms with E-state index < -0.39 is 0 Å². The molecule has 0 radical (unpaired) electrons. The Labute approximate surface area is 108 Å². The number of fused-ring (bicyclic) bond motifs is 1. The molecule has 0 aliphatic heterocycles. The lowest BCUT2D eigenvalue weighted by Crippen LogP contribution is -2.26. The summed E-state index contributed by atoms with van der Waals surface area (Å²) in [5.74, 6) is -0.117. The first kappa shape index (κ1) is 12.3. The first-order chi connectivity index (χ1) is 8.20. The molecule has 0 unspecified atom stereocenters. The van der Waals surface area contributed by atoms with Gasteiger partial charge in [0.05, 0.1) is 16.8 Å². The molecule has 0 fully saturated rings. The summed E-state index contributed by atoms with van der Waals surface area (Å²) < 4.78 is 6.26. The van der Waals surface area contributed by atoms with Crippen LogP contribution in [-0.2, 0) is 4.74 Å². The first-order valence-corrected chi connectivity index (χ1v) is 6.23. The van der Waals surface area contributed by atoms with E-state index in [-0.39, 0.29) is 5.91 Å². The summed E-state index contributed by atoms with van der Waals surface area (Å²) in [6.07, 6.45) is 0. The molecule has 0 saturated heterocycles. The van der Waals surface area contributed by atoms with Crippen molar-refractivity contribution < 1.29 is 9.53 Å². The van der Waals surface area contributed by atoms with E-state index in [1.165, 1.54) is 11.3 Å². The second-order valence-electron chi connectivity index (χ2n) is 3.40. The molecule has 1 amide bonds. The maximum atomic E-state index is 11.8. The number of thiazole rings is 1. The Morgan fingerprint density at radius 3 is 3.18 bits per heavy atom. The first-order valence-electron chi connectivity index (χ1n) is 5.04. The van der Waals surface area contributed by atoms with Crippen LogP contribution in [0, 0.1) is 0 Å². The molecule has 1 N–H and O–H groups in total. The van der Waals surface area contributed by atoms with Gasteiger partial charge in [0.2, 0.25) is 0 Å². The Morgan fingerprint density at radius 1 is 1.59 bits per heavy atom. The molecule has 0 aliphatic carbocycles. The van der Waals surface area contributed by atoms with Crippen LogP contribution in [0.1, 0.15) is 10.4 Å². The Balaban J connectivity index is 2.15. The van der Waals surface area contributed by atoms with Gasteiger partial charge in [0.25, 0.3) is 5.91 Å². The summed E-state index contributed by atoms with van der Waals surface area (Å²) in [6, 6.07) is 5.32. The second-order valence-corrected chi connectivity index (χ2v) is 5.01. The number of amides is 1. The third-order valence-electron chi connectivity index (χ3n) is 2.22. The van der Waals surface area contributed by atoms with Gasteiger partial charge in [-0.1, -0.05) is 11.6 Å². The summed E-state index contributed by atoms with van der Waals surface area (Å²) in [5.41, 5.74) is 1.42. The summed E-state index contributed by atoms with van der Waals surface area (Å²) in [4.78, 5) is 15.9. The van der Waals surface area contributed by atoms with E-state index in [1.807, 2.05) is 0 Å². The lowest BCUT2D eigenvalue weighted by Gasteiger charge is -2.03. The molecule has 0 aliphatic rings. The van der Waals surface area contributed by atoms with Gasteiger partial charge >= 0.3 is 0 Å². The fraction of sp³-hybridized carbons (Fsp3) is 0.273. The van der Waals surface area contributed by atoms with Crippen LogP contribution in [0.15, 0.2) is 18.2 Å².